The maximum Gasteiger partial charge on any atom is 0.0468 e. The zero-order valence-electron chi connectivity index (χ0n) is 3.82. The second-order valence-electron chi connectivity index (χ2n) is 1.44. The Bertz CT molecular complexity index is 26.7. The molecule has 0 aliphatic heterocycles. The summed E-state index contributed by atoms with van der Waals surface area (Å²) in [4.78, 5) is 0. The first-order valence-electron chi connectivity index (χ1n) is 1.98. The Kier molecular flexibility index (Phi) is 3.58. The van der Waals surface area contributed by atoms with Crippen molar-refractivity contribution in [2.75, 3.05) is 12.5 Å². The number of halogens is 1. The van der Waals surface area contributed by atoms with Crippen LogP contribution in [0.4, 0.5) is 0 Å². The minimum Gasteiger partial charge on any atom is -0.396 e. The molecule has 1 atom stereocenters. The molecule has 0 aromatic heterocycles. The lowest BCUT2D eigenvalue weighted by molar-refractivity contribution is 0.250. The van der Waals surface area contributed by atoms with Crippen molar-refractivity contribution in [3.05, 3.63) is 0 Å². The number of aliphatic hydroxyl groups excluding tert-OH is 1. The topological polar surface area (TPSA) is 20.2 Å². The molecule has 0 heterocycles. The molecule has 0 fully saturated rings. The summed E-state index contributed by atoms with van der Waals surface area (Å²) in [5.74, 6) is 0.808. The van der Waals surface area contributed by atoms with Crippen LogP contribution in [0.2, 0.25) is 0 Å². The summed E-state index contributed by atoms with van der Waals surface area (Å²) in [6, 6.07) is 0. The van der Waals surface area contributed by atoms with Gasteiger partial charge in [0.1, 0.15) is 0 Å². The summed E-state index contributed by atoms with van der Waals surface area (Å²) in [5, 5.41) is 8.25. The third-order valence-corrected chi connectivity index (χ3v) is 1.10. The van der Waals surface area contributed by atoms with Gasteiger partial charge in [0, 0.05) is 12.5 Å². The Morgan fingerprint density at radius 1 is 1.83 bits per heavy atom. The van der Waals surface area contributed by atoms with Crippen molar-refractivity contribution in [3.8, 4) is 0 Å². The van der Waals surface area contributed by atoms with E-state index in [1.165, 1.54) is 0 Å². The van der Waals surface area contributed by atoms with E-state index >= 15 is 0 Å². The molecule has 2 heteroatoms. The average Bonchev–Trinajstić information content (AvgIpc) is 1.65. The highest BCUT2D eigenvalue weighted by molar-refractivity contribution is 6.18. The highest BCUT2D eigenvalue weighted by Gasteiger charge is 1.92. The van der Waals surface area contributed by atoms with Crippen molar-refractivity contribution < 1.29 is 5.11 Å². The Labute approximate surface area is 42.9 Å². The van der Waals surface area contributed by atoms with Crippen molar-refractivity contribution in [1.82, 2.24) is 0 Å². The van der Waals surface area contributed by atoms with Gasteiger partial charge in [0.05, 0.1) is 0 Å². The predicted molar refractivity (Wildman–Crippen MR) is 27.0 cm³/mol. The number of rotatable bonds is 2. The number of aliphatic hydroxyl groups is 1. The van der Waals surface area contributed by atoms with Crippen molar-refractivity contribution in [3.63, 3.8) is 0 Å². The van der Waals surface area contributed by atoms with Gasteiger partial charge in [0.25, 0.3) is 0 Å². The summed E-state index contributed by atoms with van der Waals surface area (Å²) in [7, 11) is 0. The lowest BCUT2D eigenvalue weighted by Gasteiger charge is -1.96. The van der Waals surface area contributed by atoms with Gasteiger partial charge < -0.3 is 5.11 Å². The molecule has 1 nitrogen and oxygen atoms in total. The minimum atomic E-state index is 0.198. The molecule has 0 aromatic rings. The second-order valence-corrected chi connectivity index (χ2v) is 1.75. The number of hydrogen-bond acceptors (Lipinski definition) is 1. The minimum absolute atomic E-state index is 0.198. The molecule has 6 heavy (non-hydrogen) atoms. The molecule has 1 N–H and O–H groups in total. The van der Waals surface area contributed by atoms with E-state index in [9.17, 15) is 0 Å². The van der Waals surface area contributed by atoms with Gasteiger partial charge in [0.2, 0.25) is 0 Å². The lowest BCUT2D eigenvalue weighted by atomic mass is 10.2. The van der Waals surface area contributed by atoms with Crippen molar-refractivity contribution >= 4 is 11.6 Å². The van der Waals surface area contributed by atoms with Crippen molar-refractivity contribution in [2.24, 2.45) is 5.92 Å². The first-order chi connectivity index (χ1) is 2.81. The molecule has 0 radical (unpaired) electrons. The van der Waals surface area contributed by atoms with Crippen LogP contribution in [0.1, 0.15) is 6.92 Å². The highest BCUT2D eigenvalue weighted by Crippen LogP contribution is 1.92. The average molecular weight is 109 g/mol. The molecular formula is C4H9ClO. The van der Waals surface area contributed by atoms with Crippen LogP contribution in [0.25, 0.3) is 0 Å². The van der Waals surface area contributed by atoms with E-state index in [0.29, 0.717) is 5.88 Å². The molecule has 0 aliphatic rings. The quantitative estimate of drug-likeness (QED) is 0.520. The zero-order chi connectivity index (χ0) is 4.99. The molecule has 0 saturated heterocycles. The van der Waals surface area contributed by atoms with Gasteiger partial charge >= 0.3 is 0 Å². The van der Waals surface area contributed by atoms with Gasteiger partial charge in [-0.2, -0.15) is 0 Å². The first kappa shape index (κ1) is 6.25. The third-order valence-electron chi connectivity index (χ3n) is 0.575. The molecule has 0 saturated carbocycles. The fraction of sp³-hybridized carbons (Fsp3) is 1.00. The zero-order valence-corrected chi connectivity index (χ0v) is 4.57. The summed E-state index contributed by atoms with van der Waals surface area (Å²) < 4.78 is 0. The molecule has 0 spiro atoms. The highest BCUT2D eigenvalue weighted by atomic mass is 35.5. The molecule has 0 rings (SSSR count). The van der Waals surface area contributed by atoms with E-state index in [4.69, 9.17) is 16.7 Å². The summed E-state index contributed by atoms with van der Waals surface area (Å²) in [5.41, 5.74) is 0. The van der Waals surface area contributed by atoms with Gasteiger partial charge in [0.15, 0.2) is 0 Å². The van der Waals surface area contributed by atoms with E-state index in [0.717, 1.165) is 0 Å². The van der Waals surface area contributed by atoms with Gasteiger partial charge in [-0.05, 0) is 5.92 Å². The maximum absolute atomic E-state index is 8.25. The van der Waals surface area contributed by atoms with Gasteiger partial charge in [-0.15, -0.1) is 11.6 Å². The first-order valence-corrected chi connectivity index (χ1v) is 2.51. The summed E-state index contributed by atoms with van der Waals surface area (Å²) in [6.45, 7) is 2.09. The molecule has 0 amide bonds. The fourth-order valence-electron chi connectivity index (χ4n) is 0.0488. The van der Waals surface area contributed by atoms with Crippen molar-refractivity contribution in [1.29, 1.82) is 0 Å². The van der Waals surface area contributed by atoms with Crippen LogP contribution in [-0.4, -0.2) is 17.6 Å². The van der Waals surface area contributed by atoms with Crippen LogP contribution in [0.15, 0.2) is 0 Å². The lowest BCUT2D eigenvalue weighted by Crippen LogP contribution is -2.00. The molecular weight excluding hydrogens is 99.5 g/mol. The Morgan fingerprint density at radius 3 is 2.33 bits per heavy atom. The van der Waals surface area contributed by atoms with Crippen LogP contribution < -0.4 is 0 Å². The Hall–Kier alpha value is 0.250. The molecule has 0 aliphatic carbocycles. The number of alkyl halides is 1. The van der Waals surface area contributed by atoms with Gasteiger partial charge in [-0.25, -0.2) is 0 Å². The summed E-state index contributed by atoms with van der Waals surface area (Å²) >= 11 is 5.29. The van der Waals surface area contributed by atoms with Crippen LogP contribution >= 0.6 is 11.6 Å². The fourth-order valence-corrected chi connectivity index (χ4v) is 0.146. The molecule has 0 aromatic carbocycles. The van der Waals surface area contributed by atoms with Crippen LogP contribution in [0.3, 0.4) is 0 Å². The van der Waals surface area contributed by atoms with E-state index in [-0.39, 0.29) is 12.5 Å². The van der Waals surface area contributed by atoms with Crippen LogP contribution in [0.5, 0.6) is 0 Å². The normalized spacial score (nSPS) is 14.5. The monoisotopic (exact) mass is 108 g/mol. The van der Waals surface area contributed by atoms with Crippen LogP contribution in [-0.2, 0) is 0 Å². The van der Waals surface area contributed by atoms with E-state index < -0.39 is 0 Å². The second kappa shape index (κ2) is 3.44. The largest absolute Gasteiger partial charge is 0.396 e. The molecule has 0 bridgehead atoms. The van der Waals surface area contributed by atoms with Gasteiger partial charge in [-0.3, -0.25) is 0 Å². The standard InChI is InChI=1S/C4H9ClO/c1-4(2-5)3-6/h4,6H,2-3H2,1H3. The SMILES string of the molecule is CC(CO)CCl. The van der Waals surface area contributed by atoms with Crippen molar-refractivity contribution in [2.45, 2.75) is 6.92 Å². The summed E-state index contributed by atoms with van der Waals surface area (Å²) in [6.07, 6.45) is 0. The molecule has 38 valence electrons. The van der Waals surface area contributed by atoms with Crippen LogP contribution in [0, 0.1) is 5.92 Å². The molecule has 1 unspecified atom stereocenters. The van der Waals surface area contributed by atoms with E-state index in [2.05, 4.69) is 0 Å². The van der Waals surface area contributed by atoms with Gasteiger partial charge in [-0.1, -0.05) is 6.92 Å². The Morgan fingerprint density at radius 2 is 2.33 bits per heavy atom. The predicted octanol–water partition coefficient (Wildman–Crippen LogP) is 0.854. The Balaban J connectivity index is 2.75. The van der Waals surface area contributed by atoms with E-state index in [1.54, 1.807) is 0 Å². The number of hydrogen-bond donors (Lipinski definition) is 1. The smallest absolute Gasteiger partial charge is 0.0468 e. The van der Waals surface area contributed by atoms with E-state index in [1.807, 2.05) is 6.92 Å². The third kappa shape index (κ3) is 2.49. The maximum atomic E-state index is 8.25.